The Morgan fingerprint density at radius 2 is 2.00 bits per heavy atom. The number of anilines is 1. The summed E-state index contributed by atoms with van der Waals surface area (Å²) in [5.41, 5.74) is 5.12. The van der Waals surface area contributed by atoms with Crippen LogP contribution in [-0.2, 0) is 6.54 Å². The van der Waals surface area contributed by atoms with E-state index in [-0.39, 0.29) is 0 Å². The topological polar surface area (TPSA) is 110 Å². The molecule has 0 bridgehead atoms. The monoisotopic (exact) mass is 461 g/mol. The van der Waals surface area contributed by atoms with E-state index in [4.69, 9.17) is 21.4 Å². The first-order valence-corrected chi connectivity index (χ1v) is 10.6. The molecule has 0 spiro atoms. The lowest BCUT2D eigenvalue weighted by molar-refractivity contribution is 0.199. The van der Waals surface area contributed by atoms with Gasteiger partial charge in [0.1, 0.15) is 11.3 Å². The number of pyridine rings is 2. The molecule has 5 aromatic rings. The Morgan fingerprint density at radius 3 is 2.79 bits per heavy atom. The van der Waals surface area contributed by atoms with Crippen molar-refractivity contribution < 1.29 is 9.84 Å². The number of rotatable bonds is 6. The molecule has 0 aliphatic heterocycles. The smallest absolute Gasteiger partial charge is 0.178 e. The maximum atomic E-state index is 9.82. The van der Waals surface area contributed by atoms with Crippen LogP contribution in [0, 0.1) is 0 Å². The Labute approximate surface area is 194 Å². The van der Waals surface area contributed by atoms with Gasteiger partial charge < -0.3 is 15.2 Å². The number of ether oxygens (including phenoxy) is 1. The van der Waals surface area contributed by atoms with Gasteiger partial charge in [0.05, 0.1) is 42.9 Å². The minimum Gasteiger partial charge on any atom is -0.495 e. The average Bonchev–Trinajstić information content (AvgIpc) is 3.24. The Bertz CT molecular complexity index is 1470. The van der Waals surface area contributed by atoms with Gasteiger partial charge in [0.15, 0.2) is 11.5 Å². The number of nitrogens with zero attached hydrogens (tertiary/aromatic N) is 6. The number of hydrogen-bond donors (Lipinski definition) is 2. The van der Waals surface area contributed by atoms with Gasteiger partial charge in [-0.2, -0.15) is 9.61 Å². The van der Waals surface area contributed by atoms with Gasteiger partial charge in [-0.3, -0.25) is 4.98 Å². The van der Waals surface area contributed by atoms with Crippen molar-refractivity contribution in [2.24, 2.45) is 0 Å². The second-order valence-electron chi connectivity index (χ2n) is 7.47. The summed E-state index contributed by atoms with van der Waals surface area (Å²) in [6.45, 7) is 2.06. The van der Waals surface area contributed by atoms with Crippen LogP contribution in [0.25, 0.3) is 27.9 Å². The minimum absolute atomic E-state index is 0.381. The zero-order valence-corrected chi connectivity index (χ0v) is 18.7. The summed E-state index contributed by atoms with van der Waals surface area (Å²) in [6.07, 6.45) is 2.73. The number of benzene rings is 1. The number of halogens is 1. The summed E-state index contributed by atoms with van der Waals surface area (Å²) in [5, 5.41) is 26.9. The first kappa shape index (κ1) is 21.0. The highest BCUT2D eigenvalue weighted by Crippen LogP contribution is 2.28. The molecule has 0 saturated carbocycles. The first-order chi connectivity index (χ1) is 16.0. The third kappa shape index (κ3) is 4.04. The summed E-state index contributed by atoms with van der Waals surface area (Å²) in [6, 6.07) is 12.9. The van der Waals surface area contributed by atoms with Crippen molar-refractivity contribution in [1.29, 1.82) is 0 Å². The SMILES string of the molecule is COc1cnc2c(NCc3nnc4ccc(-c5ccc([C@@H](C)O)c(Cl)c5)nn34)ccnc2c1. The van der Waals surface area contributed by atoms with Gasteiger partial charge in [-0.25, -0.2) is 4.98 Å². The van der Waals surface area contributed by atoms with Crippen molar-refractivity contribution in [2.45, 2.75) is 19.6 Å². The molecule has 1 aromatic carbocycles. The predicted octanol–water partition coefficient (Wildman–Crippen LogP) is 4.06. The first-order valence-electron chi connectivity index (χ1n) is 10.3. The zero-order chi connectivity index (χ0) is 22.9. The molecule has 0 radical (unpaired) electrons. The largest absolute Gasteiger partial charge is 0.495 e. The van der Waals surface area contributed by atoms with E-state index in [1.165, 1.54) is 0 Å². The molecule has 4 heterocycles. The lowest BCUT2D eigenvalue weighted by Gasteiger charge is -2.10. The lowest BCUT2D eigenvalue weighted by atomic mass is 10.1. The molecule has 1 atom stereocenters. The van der Waals surface area contributed by atoms with Crippen LogP contribution in [0.3, 0.4) is 0 Å². The van der Waals surface area contributed by atoms with E-state index in [1.807, 2.05) is 30.3 Å². The summed E-state index contributed by atoms with van der Waals surface area (Å²) >= 11 is 6.34. The highest BCUT2D eigenvalue weighted by molar-refractivity contribution is 6.31. The third-order valence-electron chi connectivity index (χ3n) is 5.30. The molecule has 0 amide bonds. The molecule has 0 aliphatic carbocycles. The standard InChI is InChI=1S/C23H20ClN7O2/c1-13(32)16-4-3-14(9-17(16)24)18-5-6-21-28-29-22(31(21)30-18)12-26-19-7-8-25-20-10-15(33-2)11-27-23(19)20/h3-11,13,32H,12H2,1-2H3,(H,25,26)/t13-/m1/s1. The van der Waals surface area contributed by atoms with Gasteiger partial charge in [-0.1, -0.05) is 23.7 Å². The number of hydrogen-bond acceptors (Lipinski definition) is 8. The highest BCUT2D eigenvalue weighted by atomic mass is 35.5. The van der Waals surface area contributed by atoms with Gasteiger partial charge in [0.2, 0.25) is 0 Å². The van der Waals surface area contributed by atoms with Crippen LogP contribution in [0.15, 0.2) is 54.9 Å². The quantitative estimate of drug-likeness (QED) is 0.389. The van der Waals surface area contributed by atoms with Gasteiger partial charge in [-0.05, 0) is 36.8 Å². The third-order valence-corrected chi connectivity index (χ3v) is 5.63. The fourth-order valence-corrected chi connectivity index (χ4v) is 3.90. The van der Waals surface area contributed by atoms with E-state index in [1.54, 1.807) is 43.1 Å². The lowest BCUT2D eigenvalue weighted by Crippen LogP contribution is -2.07. The number of aromatic nitrogens is 6. The molecule has 4 aromatic heterocycles. The van der Waals surface area contributed by atoms with E-state index in [9.17, 15) is 5.11 Å². The Balaban J connectivity index is 1.44. The van der Waals surface area contributed by atoms with Crippen molar-refractivity contribution in [2.75, 3.05) is 12.4 Å². The Kier molecular flexibility index (Phi) is 5.49. The van der Waals surface area contributed by atoms with Crippen molar-refractivity contribution in [1.82, 2.24) is 29.8 Å². The fraction of sp³-hybridized carbons (Fsp3) is 0.174. The van der Waals surface area contributed by atoms with Crippen LogP contribution in [0.5, 0.6) is 5.75 Å². The fourth-order valence-electron chi connectivity index (χ4n) is 3.56. The van der Waals surface area contributed by atoms with Gasteiger partial charge >= 0.3 is 0 Å². The molecule has 5 rings (SSSR count). The second kappa shape index (κ2) is 8.61. The van der Waals surface area contributed by atoms with Crippen LogP contribution < -0.4 is 10.1 Å². The molecule has 166 valence electrons. The van der Waals surface area contributed by atoms with Crippen LogP contribution in [0.1, 0.15) is 24.4 Å². The van der Waals surface area contributed by atoms with Crippen LogP contribution >= 0.6 is 11.6 Å². The maximum absolute atomic E-state index is 9.82. The summed E-state index contributed by atoms with van der Waals surface area (Å²) in [4.78, 5) is 8.82. The molecule has 0 unspecified atom stereocenters. The molecule has 33 heavy (non-hydrogen) atoms. The number of aliphatic hydroxyl groups excluding tert-OH is 1. The van der Waals surface area contributed by atoms with Crippen molar-refractivity contribution >= 4 is 34.0 Å². The maximum Gasteiger partial charge on any atom is 0.178 e. The Morgan fingerprint density at radius 1 is 1.12 bits per heavy atom. The summed E-state index contributed by atoms with van der Waals surface area (Å²) in [5.74, 6) is 1.28. The van der Waals surface area contributed by atoms with Crippen LogP contribution in [0.4, 0.5) is 5.69 Å². The molecule has 0 aliphatic rings. The predicted molar refractivity (Wildman–Crippen MR) is 125 cm³/mol. The molecule has 0 saturated heterocycles. The average molecular weight is 462 g/mol. The Hall–Kier alpha value is -3.82. The molecule has 9 nitrogen and oxygen atoms in total. The summed E-state index contributed by atoms with van der Waals surface area (Å²) in [7, 11) is 1.60. The van der Waals surface area contributed by atoms with E-state index >= 15 is 0 Å². The number of aliphatic hydroxyl groups is 1. The molecular formula is C23H20ClN7O2. The second-order valence-corrected chi connectivity index (χ2v) is 7.88. The number of fused-ring (bicyclic) bond motifs is 2. The normalized spacial score (nSPS) is 12.2. The van der Waals surface area contributed by atoms with E-state index < -0.39 is 6.10 Å². The van der Waals surface area contributed by atoms with E-state index in [0.29, 0.717) is 40.0 Å². The van der Waals surface area contributed by atoms with Crippen molar-refractivity contribution in [3.8, 4) is 17.0 Å². The molecule has 0 fully saturated rings. The van der Waals surface area contributed by atoms with Gasteiger partial charge in [0, 0.05) is 22.8 Å². The van der Waals surface area contributed by atoms with Crippen LogP contribution in [0.2, 0.25) is 5.02 Å². The summed E-state index contributed by atoms with van der Waals surface area (Å²) < 4.78 is 6.92. The van der Waals surface area contributed by atoms with Crippen molar-refractivity contribution in [3.05, 3.63) is 71.3 Å². The van der Waals surface area contributed by atoms with Gasteiger partial charge in [0.25, 0.3) is 0 Å². The van der Waals surface area contributed by atoms with Crippen LogP contribution in [-0.4, -0.2) is 42.0 Å². The van der Waals surface area contributed by atoms with E-state index in [0.717, 1.165) is 22.3 Å². The van der Waals surface area contributed by atoms with Crippen molar-refractivity contribution in [3.63, 3.8) is 0 Å². The highest BCUT2D eigenvalue weighted by Gasteiger charge is 2.13. The number of methoxy groups -OCH3 is 1. The molecule has 2 N–H and O–H groups in total. The molecular weight excluding hydrogens is 442 g/mol. The minimum atomic E-state index is -0.641. The molecule has 10 heteroatoms. The number of nitrogens with one attached hydrogen (secondary N) is 1. The zero-order valence-electron chi connectivity index (χ0n) is 17.9. The van der Waals surface area contributed by atoms with Gasteiger partial charge in [-0.15, -0.1) is 10.2 Å². The van der Waals surface area contributed by atoms with E-state index in [2.05, 4.69) is 25.5 Å².